The number of methoxy groups -OCH3 is 1. The molecule has 1 N–H and O–H groups in total. The Morgan fingerprint density at radius 2 is 1.70 bits per heavy atom. The number of likely N-dealkylation sites (tertiary alicyclic amines) is 1. The van der Waals surface area contributed by atoms with Gasteiger partial charge in [0.1, 0.15) is 11.6 Å². The van der Waals surface area contributed by atoms with Crippen LogP contribution in [-0.2, 0) is 16.1 Å². The van der Waals surface area contributed by atoms with Crippen LogP contribution in [0, 0.1) is 5.82 Å². The number of carbonyl (C=O) groups is 2. The van der Waals surface area contributed by atoms with Crippen molar-refractivity contribution in [2.24, 2.45) is 0 Å². The number of aliphatic hydroxyl groups excluding tert-OH is 1. The Kier molecular flexibility index (Phi) is 6.35. The van der Waals surface area contributed by atoms with E-state index < -0.39 is 29.3 Å². The lowest BCUT2D eigenvalue weighted by Crippen LogP contribution is -2.29. The summed E-state index contributed by atoms with van der Waals surface area (Å²) in [6, 6.07) is 10.6. The lowest BCUT2D eigenvalue weighted by atomic mass is 9.95. The minimum absolute atomic E-state index is 0.0794. The molecule has 0 aliphatic carbocycles. The number of aromatic nitrogens is 1. The Balaban J connectivity index is 1.88. The van der Waals surface area contributed by atoms with Gasteiger partial charge in [-0.05, 0) is 47.5 Å². The molecule has 0 bridgehead atoms. The van der Waals surface area contributed by atoms with Gasteiger partial charge in [0.15, 0.2) is 5.75 Å². The number of ketones is 1. The first kappa shape index (κ1) is 22.8. The third kappa shape index (κ3) is 4.29. The number of ether oxygens (including phenoxy) is 1. The molecule has 0 spiro atoms. The number of pyridine rings is 1. The summed E-state index contributed by atoms with van der Waals surface area (Å²) >= 11 is 12.4. The fraction of sp³-hybridized carbons (Fsp3) is 0.125. The molecule has 168 valence electrons. The van der Waals surface area contributed by atoms with Gasteiger partial charge in [-0.3, -0.25) is 14.6 Å². The third-order valence-corrected chi connectivity index (χ3v) is 5.87. The largest absolute Gasteiger partial charge is 0.507 e. The Bertz CT molecular complexity index is 1240. The summed E-state index contributed by atoms with van der Waals surface area (Å²) in [5, 5.41) is 11.4. The predicted octanol–water partition coefficient (Wildman–Crippen LogP) is 5.16. The molecular formula is C24H17Cl2FN2O4. The van der Waals surface area contributed by atoms with Crippen molar-refractivity contribution in [2.45, 2.75) is 12.6 Å². The highest BCUT2D eigenvalue weighted by Crippen LogP contribution is 2.42. The van der Waals surface area contributed by atoms with E-state index in [9.17, 15) is 19.1 Å². The highest BCUT2D eigenvalue weighted by Gasteiger charge is 2.46. The van der Waals surface area contributed by atoms with Crippen LogP contribution in [0.4, 0.5) is 4.39 Å². The Hall–Kier alpha value is -3.42. The summed E-state index contributed by atoms with van der Waals surface area (Å²) in [6.07, 6.45) is 3.14. The predicted molar refractivity (Wildman–Crippen MR) is 121 cm³/mol. The number of hydrogen-bond donors (Lipinski definition) is 1. The van der Waals surface area contributed by atoms with E-state index in [1.54, 1.807) is 24.5 Å². The Morgan fingerprint density at radius 1 is 1.09 bits per heavy atom. The van der Waals surface area contributed by atoms with E-state index in [1.807, 2.05) is 0 Å². The zero-order valence-electron chi connectivity index (χ0n) is 17.3. The molecule has 1 saturated heterocycles. The molecule has 6 nitrogen and oxygen atoms in total. The molecule has 2 heterocycles. The number of rotatable bonds is 5. The quantitative estimate of drug-likeness (QED) is 0.306. The molecule has 1 unspecified atom stereocenters. The van der Waals surface area contributed by atoms with Crippen molar-refractivity contribution in [3.8, 4) is 5.75 Å². The van der Waals surface area contributed by atoms with E-state index in [2.05, 4.69) is 4.98 Å². The average molecular weight is 487 g/mol. The summed E-state index contributed by atoms with van der Waals surface area (Å²) < 4.78 is 18.7. The molecule has 0 saturated carbocycles. The second-order valence-electron chi connectivity index (χ2n) is 7.31. The van der Waals surface area contributed by atoms with Crippen molar-refractivity contribution < 1.29 is 23.8 Å². The first-order valence-corrected chi connectivity index (χ1v) is 10.5. The first-order valence-electron chi connectivity index (χ1n) is 9.78. The van der Waals surface area contributed by atoms with Crippen LogP contribution in [0.1, 0.15) is 22.7 Å². The smallest absolute Gasteiger partial charge is 0.295 e. The van der Waals surface area contributed by atoms with Crippen LogP contribution in [0.25, 0.3) is 5.76 Å². The number of Topliss-reactive ketones (excluding diaryl/α,β-unsaturated/α-hetero) is 1. The van der Waals surface area contributed by atoms with Crippen molar-refractivity contribution in [1.82, 2.24) is 9.88 Å². The molecule has 1 aromatic heterocycles. The topological polar surface area (TPSA) is 79.7 Å². The summed E-state index contributed by atoms with van der Waals surface area (Å²) in [7, 11) is 1.39. The summed E-state index contributed by atoms with van der Waals surface area (Å²) in [5.74, 6) is -2.39. The first-order chi connectivity index (χ1) is 15.8. The molecule has 1 amide bonds. The maximum atomic E-state index is 13.6. The second kappa shape index (κ2) is 9.21. The van der Waals surface area contributed by atoms with Crippen LogP contribution in [0.2, 0.25) is 10.0 Å². The van der Waals surface area contributed by atoms with Crippen molar-refractivity contribution in [1.29, 1.82) is 0 Å². The van der Waals surface area contributed by atoms with Crippen LogP contribution in [0.5, 0.6) is 5.75 Å². The normalized spacial score (nSPS) is 17.5. The van der Waals surface area contributed by atoms with E-state index in [4.69, 9.17) is 27.9 Å². The van der Waals surface area contributed by atoms with Gasteiger partial charge >= 0.3 is 0 Å². The van der Waals surface area contributed by atoms with Crippen LogP contribution >= 0.6 is 23.2 Å². The van der Waals surface area contributed by atoms with Gasteiger partial charge in [-0.2, -0.15) is 0 Å². The number of nitrogens with zero attached hydrogens (tertiary/aromatic N) is 2. The van der Waals surface area contributed by atoms with Crippen LogP contribution in [0.3, 0.4) is 0 Å². The van der Waals surface area contributed by atoms with Gasteiger partial charge in [-0.25, -0.2) is 4.39 Å². The second-order valence-corrected chi connectivity index (χ2v) is 8.12. The zero-order valence-corrected chi connectivity index (χ0v) is 18.8. The minimum atomic E-state index is -0.960. The molecule has 1 aliphatic rings. The van der Waals surface area contributed by atoms with E-state index in [1.165, 1.54) is 48.4 Å². The van der Waals surface area contributed by atoms with Gasteiger partial charge in [0, 0.05) is 24.5 Å². The van der Waals surface area contributed by atoms with Crippen LogP contribution in [0.15, 0.2) is 66.5 Å². The van der Waals surface area contributed by atoms with Gasteiger partial charge < -0.3 is 14.7 Å². The van der Waals surface area contributed by atoms with E-state index in [0.29, 0.717) is 5.56 Å². The van der Waals surface area contributed by atoms with Gasteiger partial charge in [0.25, 0.3) is 11.7 Å². The molecular weight excluding hydrogens is 470 g/mol. The van der Waals surface area contributed by atoms with E-state index in [0.717, 1.165) is 5.56 Å². The lowest BCUT2D eigenvalue weighted by Gasteiger charge is -2.25. The van der Waals surface area contributed by atoms with Crippen molar-refractivity contribution in [3.63, 3.8) is 0 Å². The minimum Gasteiger partial charge on any atom is -0.507 e. The SMILES string of the molecule is COc1c(Cl)cc(/C(O)=C2\C(=O)C(=O)N(Cc3ccncc3)C2c2ccc(F)cc2)cc1Cl. The number of carbonyl (C=O) groups excluding carboxylic acids is 2. The van der Waals surface area contributed by atoms with Gasteiger partial charge in [0.05, 0.1) is 28.8 Å². The Labute approximate surface area is 198 Å². The van der Waals surface area contributed by atoms with Crippen molar-refractivity contribution in [3.05, 3.63) is 99.1 Å². The van der Waals surface area contributed by atoms with Gasteiger partial charge in [-0.15, -0.1) is 0 Å². The monoisotopic (exact) mass is 486 g/mol. The molecule has 4 rings (SSSR count). The van der Waals surface area contributed by atoms with Crippen molar-refractivity contribution in [2.75, 3.05) is 7.11 Å². The molecule has 2 aromatic carbocycles. The summed E-state index contributed by atoms with van der Waals surface area (Å²) in [4.78, 5) is 31.4. The number of aliphatic hydroxyl groups is 1. The molecule has 9 heteroatoms. The Morgan fingerprint density at radius 3 is 2.27 bits per heavy atom. The van der Waals surface area contributed by atoms with Gasteiger partial charge in [0.2, 0.25) is 0 Å². The van der Waals surface area contributed by atoms with E-state index >= 15 is 0 Å². The standard InChI is InChI=1S/C24H17Cl2FN2O4/c1-33-23-17(25)10-15(11-18(23)26)21(30)19-20(14-2-4-16(27)5-3-14)29(24(32)22(19)31)12-13-6-8-28-9-7-13/h2-11,20,30H,12H2,1H3/b21-19+. The maximum Gasteiger partial charge on any atom is 0.295 e. The third-order valence-electron chi connectivity index (χ3n) is 5.30. The van der Waals surface area contributed by atoms with Crippen molar-refractivity contribution >= 4 is 40.7 Å². The number of amides is 1. The van der Waals surface area contributed by atoms with Gasteiger partial charge in [-0.1, -0.05) is 35.3 Å². The molecule has 1 fully saturated rings. The molecule has 3 aromatic rings. The lowest BCUT2D eigenvalue weighted by molar-refractivity contribution is -0.140. The summed E-state index contributed by atoms with van der Waals surface area (Å²) in [5.41, 5.74) is 1.17. The summed E-state index contributed by atoms with van der Waals surface area (Å²) in [6.45, 7) is 0.0794. The highest BCUT2D eigenvalue weighted by atomic mass is 35.5. The number of hydrogen-bond acceptors (Lipinski definition) is 5. The maximum absolute atomic E-state index is 13.6. The highest BCUT2D eigenvalue weighted by molar-refractivity contribution is 6.46. The van der Waals surface area contributed by atoms with Crippen LogP contribution in [-0.4, -0.2) is 33.8 Å². The van der Waals surface area contributed by atoms with E-state index in [-0.39, 0.29) is 33.5 Å². The fourth-order valence-electron chi connectivity index (χ4n) is 3.77. The number of halogens is 3. The molecule has 1 aliphatic heterocycles. The number of benzene rings is 2. The zero-order chi connectivity index (χ0) is 23.7. The average Bonchev–Trinajstić information content (AvgIpc) is 3.04. The molecule has 33 heavy (non-hydrogen) atoms. The van der Waals surface area contributed by atoms with Crippen LogP contribution < -0.4 is 4.74 Å². The fourth-order valence-corrected chi connectivity index (χ4v) is 4.41. The molecule has 1 atom stereocenters. The molecule has 0 radical (unpaired) electrons.